The van der Waals surface area contributed by atoms with Gasteiger partial charge < -0.3 is 10.1 Å². The first kappa shape index (κ1) is 14.5. The van der Waals surface area contributed by atoms with Gasteiger partial charge in [-0.15, -0.1) is 0 Å². The number of hydrogen-bond acceptors (Lipinski definition) is 3. The number of hydrogen-bond donors (Lipinski definition) is 1. The average molecular weight is 250 g/mol. The van der Waals surface area contributed by atoms with E-state index in [1.54, 1.807) is 20.1 Å². The Hall–Kier alpha value is -1.60. The lowest BCUT2D eigenvalue weighted by molar-refractivity contribution is 0.171. The molecule has 0 radical (unpaired) electrons. The lowest BCUT2D eigenvalue weighted by Gasteiger charge is -2.24. The van der Waals surface area contributed by atoms with E-state index < -0.39 is 0 Å². The van der Waals surface area contributed by atoms with Crippen LogP contribution in [0.5, 0.6) is 0 Å². The highest BCUT2D eigenvalue weighted by atomic mass is 19.1. The van der Waals surface area contributed by atoms with Crippen LogP contribution in [-0.2, 0) is 4.74 Å². The largest absolute Gasteiger partial charge is 0.383 e. The number of methoxy groups -OCH3 is 1. The summed E-state index contributed by atoms with van der Waals surface area (Å²) in [5, 5.41) is 12.1. The summed E-state index contributed by atoms with van der Waals surface area (Å²) in [6.07, 6.45) is 0. The van der Waals surface area contributed by atoms with E-state index in [0.717, 1.165) is 0 Å². The zero-order chi connectivity index (χ0) is 13.7. The molecule has 0 saturated carbocycles. The summed E-state index contributed by atoms with van der Waals surface area (Å²) in [6.45, 7) is 6.37. The van der Waals surface area contributed by atoms with Gasteiger partial charge in [0.05, 0.1) is 24.3 Å². The van der Waals surface area contributed by atoms with Gasteiger partial charge in [-0.05, 0) is 25.0 Å². The summed E-state index contributed by atoms with van der Waals surface area (Å²) in [5.41, 5.74) is 1.50. The van der Waals surface area contributed by atoms with Crippen molar-refractivity contribution in [3.8, 4) is 6.07 Å². The molecule has 98 valence electrons. The molecule has 1 aromatic rings. The van der Waals surface area contributed by atoms with Crippen molar-refractivity contribution < 1.29 is 9.13 Å². The monoisotopic (exact) mass is 250 g/mol. The van der Waals surface area contributed by atoms with E-state index in [2.05, 4.69) is 19.2 Å². The van der Waals surface area contributed by atoms with Gasteiger partial charge in [-0.2, -0.15) is 5.26 Å². The predicted octanol–water partition coefficient (Wildman–Crippen LogP) is 3.09. The van der Waals surface area contributed by atoms with Crippen molar-refractivity contribution in [2.45, 2.75) is 26.8 Å². The summed E-state index contributed by atoms with van der Waals surface area (Å²) in [4.78, 5) is 0. The third-order valence-electron chi connectivity index (χ3n) is 2.97. The molecule has 0 heterocycles. The van der Waals surface area contributed by atoms with Crippen LogP contribution in [0.1, 0.15) is 25.0 Å². The molecule has 0 aromatic heterocycles. The van der Waals surface area contributed by atoms with Crippen LogP contribution in [0.4, 0.5) is 10.1 Å². The molecular weight excluding hydrogens is 231 g/mol. The molecule has 3 nitrogen and oxygen atoms in total. The van der Waals surface area contributed by atoms with E-state index in [1.807, 2.05) is 6.07 Å². The molecule has 1 unspecified atom stereocenters. The first-order chi connectivity index (χ1) is 8.49. The van der Waals surface area contributed by atoms with E-state index in [9.17, 15) is 4.39 Å². The van der Waals surface area contributed by atoms with Crippen LogP contribution < -0.4 is 5.32 Å². The Balaban J connectivity index is 3.02. The number of nitrogens with one attached hydrogen (secondary N) is 1. The molecular formula is C14H19FN2O. The van der Waals surface area contributed by atoms with E-state index in [1.165, 1.54) is 6.07 Å². The average Bonchev–Trinajstić information content (AvgIpc) is 2.33. The Morgan fingerprint density at radius 2 is 2.11 bits per heavy atom. The highest BCUT2D eigenvalue weighted by molar-refractivity contribution is 5.56. The molecule has 18 heavy (non-hydrogen) atoms. The molecule has 1 aromatic carbocycles. The van der Waals surface area contributed by atoms with Crippen molar-refractivity contribution in [1.82, 2.24) is 0 Å². The van der Waals surface area contributed by atoms with Crippen molar-refractivity contribution in [2.24, 2.45) is 5.92 Å². The Labute approximate surface area is 108 Å². The highest BCUT2D eigenvalue weighted by Crippen LogP contribution is 2.22. The number of rotatable bonds is 5. The molecule has 0 aliphatic carbocycles. The van der Waals surface area contributed by atoms with Crippen molar-refractivity contribution in [2.75, 3.05) is 19.0 Å². The van der Waals surface area contributed by atoms with Gasteiger partial charge in [0.15, 0.2) is 0 Å². The molecule has 0 aliphatic rings. The molecule has 0 amide bonds. The number of nitriles is 1. The second kappa shape index (κ2) is 6.36. The fourth-order valence-corrected chi connectivity index (χ4v) is 1.67. The molecule has 4 heteroatoms. The van der Waals surface area contributed by atoms with Gasteiger partial charge in [-0.3, -0.25) is 0 Å². The standard InChI is InChI=1S/C14H19FN2O/c1-9(2)14(8-18-4)17-13-6-11(7-16)5-12(15)10(13)3/h5-6,9,14,17H,8H2,1-4H3. The minimum atomic E-state index is -0.364. The van der Waals surface area contributed by atoms with E-state index >= 15 is 0 Å². The Bertz CT molecular complexity index is 452. The molecule has 0 fully saturated rings. The second-order valence-corrected chi connectivity index (χ2v) is 4.69. The Morgan fingerprint density at radius 3 is 2.61 bits per heavy atom. The lowest BCUT2D eigenvalue weighted by Crippen LogP contribution is -2.30. The van der Waals surface area contributed by atoms with Crippen molar-refractivity contribution in [3.63, 3.8) is 0 Å². The van der Waals surface area contributed by atoms with E-state index in [0.29, 0.717) is 29.3 Å². The van der Waals surface area contributed by atoms with Crippen molar-refractivity contribution in [1.29, 1.82) is 5.26 Å². The second-order valence-electron chi connectivity index (χ2n) is 4.69. The van der Waals surface area contributed by atoms with E-state index in [-0.39, 0.29) is 11.9 Å². The maximum atomic E-state index is 13.6. The lowest BCUT2D eigenvalue weighted by atomic mass is 10.0. The number of benzene rings is 1. The molecule has 0 aliphatic heterocycles. The maximum absolute atomic E-state index is 13.6. The van der Waals surface area contributed by atoms with Crippen LogP contribution in [-0.4, -0.2) is 19.8 Å². The van der Waals surface area contributed by atoms with Gasteiger partial charge in [0, 0.05) is 18.4 Å². The minimum Gasteiger partial charge on any atom is -0.383 e. The SMILES string of the molecule is COCC(Nc1cc(C#N)cc(F)c1C)C(C)C. The van der Waals surface area contributed by atoms with Gasteiger partial charge in [-0.25, -0.2) is 4.39 Å². The van der Waals surface area contributed by atoms with E-state index in [4.69, 9.17) is 10.00 Å². The summed E-state index contributed by atoms with van der Waals surface area (Å²) < 4.78 is 18.8. The smallest absolute Gasteiger partial charge is 0.129 e. The van der Waals surface area contributed by atoms with Crippen LogP contribution >= 0.6 is 0 Å². The van der Waals surface area contributed by atoms with Crippen LogP contribution in [0.3, 0.4) is 0 Å². The molecule has 1 N–H and O–H groups in total. The summed E-state index contributed by atoms with van der Waals surface area (Å²) in [6, 6.07) is 4.97. The van der Waals surface area contributed by atoms with Crippen LogP contribution in [0.2, 0.25) is 0 Å². The number of ether oxygens (including phenoxy) is 1. The summed E-state index contributed by atoms with van der Waals surface area (Å²) in [7, 11) is 1.64. The maximum Gasteiger partial charge on any atom is 0.129 e. The van der Waals surface area contributed by atoms with Gasteiger partial charge in [0.1, 0.15) is 5.82 Å². The minimum absolute atomic E-state index is 0.0852. The quantitative estimate of drug-likeness (QED) is 0.873. The highest BCUT2D eigenvalue weighted by Gasteiger charge is 2.15. The van der Waals surface area contributed by atoms with Gasteiger partial charge >= 0.3 is 0 Å². The zero-order valence-electron chi connectivity index (χ0n) is 11.2. The topological polar surface area (TPSA) is 45.0 Å². The van der Waals surface area contributed by atoms with Crippen LogP contribution in [0.15, 0.2) is 12.1 Å². The normalized spacial score (nSPS) is 12.3. The summed E-state index contributed by atoms with van der Waals surface area (Å²) in [5.74, 6) is -0.0189. The van der Waals surface area contributed by atoms with Crippen molar-refractivity contribution in [3.05, 3.63) is 29.1 Å². The number of nitrogens with zero attached hydrogens (tertiary/aromatic N) is 1. The van der Waals surface area contributed by atoms with Gasteiger partial charge in [-0.1, -0.05) is 13.8 Å². The molecule has 1 rings (SSSR count). The molecule has 0 bridgehead atoms. The number of halogens is 1. The van der Waals surface area contributed by atoms with Crippen LogP contribution in [0.25, 0.3) is 0 Å². The van der Waals surface area contributed by atoms with Crippen molar-refractivity contribution >= 4 is 5.69 Å². The van der Waals surface area contributed by atoms with Gasteiger partial charge in [0.25, 0.3) is 0 Å². The Kier molecular flexibility index (Phi) is 5.11. The molecule has 0 saturated heterocycles. The third kappa shape index (κ3) is 3.44. The fraction of sp³-hybridized carbons (Fsp3) is 0.500. The fourth-order valence-electron chi connectivity index (χ4n) is 1.67. The third-order valence-corrected chi connectivity index (χ3v) is 2.97. The number of anilines is 1. The molecule has 1 atom stereocenters. The van der Waals surface area contributed by atoms with Crippen LogP contribution in [0, 0.1) is 30.0 Å². The summed E-state index contributed by atoms with van der Waals surface area (Å²) >= 11 is 0. The Morgan fingerprint density at radius 1 is 1.44 bits per heavy atom. The predicted molar refractivity (Wildman–Crippen MR) is 70.0 cm³/mol. The molecule has 0 spiro atoms. The van der Waals surface area contributed by atoms with Gasteiger partial charge in [0.2, 0.25) is 0 Å². The zero-order valence-corrected chi connectivity index (χ0v) is 11.2. The first-order valence-electron chi connectivity index (χ1n) is 5.95. The first-order valence-corrected chi connectivity index (χ1v) is 5.95.